The van der Waals surface area contributed by atoms with Crippen molar-refractivity contribution in [1.82, 2.24) is 15.1 Å². The van der Waals surface area contributed by atoms with Crippen molar-refractivity contribution in [3.05, 3.63) is 11.6 Å². The Morgan fingerprint density at radius 1 is 1.09 bits per heavy atom. The van der Waals surface area contributed by atoms with E-state index in [-0.39, 0.29) is 72.7 Å². The molecule has 4 aliphatic rings. The van der Waals surface area contributed by atoms with Gasteiger partial charge in [-0.1, -0.05) is 32.4 Å². The third kappa shape index (κ3) is 8.87. The first kappa shape index (κ1) is 36.3. The van der Waals surface area contributed by atoms with Gasteiger partial charge < -0.3 is 33.9 Å². The van der Waals surface area contributed by atoms with Crippen molar-refractivity contribution >= 4 is 23.8 Å². The molecule has 3 saturated heterocycles. The third-order valence-electron chi connectivity index (χ3n) is 9.92. The van der Waals surface area contributed by atoms with Crippen LogP contribution in [0, 0.1) is 11.3 Å². The van der Waals surface area contributed by atoms with Crippen LogP contribution < -0.4 is 5.32 Å². The maximum absolute atomic E-state index is 13.3. The van der Waals surface area contributed by atoms with E-state index in [4.69, 9.17) is 23.7 Å². The van der Waals surface area contributed by atoms with Gasteiger partial charge in [0.1, 0.15) is 41.8 Å². The van der Waals surface area contributed by atoms with Crippen molar-refractivity contribution < 1.29 is 42.9 Å². The zero-order valence-electron chi connectivity index (χ0n) is 29.0. The molecule has 1 N–H and O–H groups in total. The molecule has 0 aromatic heterocycles. The zero-order chi connectivity index (χ0) is 33.9. The molecule has 12 heteroatoms. The summed E-state index contributed by atoms with van der Waals surface area (Å²) in [4.78, 5) is 53.7. The number of ketones is 1. The number of nitrogens with zero attached hydrogens (tertiary/aromatic N) is 2. The highest BCUT2D eigenvalue weighted by molar-refractivity contribution is 5.89. The number of piperazine rings is 1. The Balaban J connectivity index is 1.17. The number of carbonyl (C=O) groups is 4. The molecule has 0 aromatic carbocycles. The number of rotatable bonds is 13. The van der Waals surface area contributed by atoms with E-state index in [1.54, 1.807) is 18.9 Å². The summed E-state index contributed by atoms with van der Waals surface area (Å²) in [5.74, 6) is -0.912. The highest BCUT2D eigenvalue weighted by Crippen LogP contribution is 2.59. The Bertz CT molecular complexity index is 1150. The lowest BCUT2D eigenvalue weighted by Gasteiger charge is -2.43. The topological polar surface area (TPSA) is 140 Å². The maximum Gasteiger partial charge on any atom is 0.410 e. The summed E-state index contributed by atoms with van der Waals surface area (Å²) >= 11 is 0. The van der Waals surface area contributed by atoms with E-state index in [1.165, 1.54) is 5.57 Å². The van der Waals surface area contributed by atoms with Gasteiger partial charge in [-0.15, -0.1) is 0 Å². The lowest BCUT2D eigenvalue weighted by atomic mass is 9.68. The lowest BCUT2D eigenvalue weighted by Crippen LogP contribution is -2.57. The molecule has 12 nitrogen and oxygen atoms in total. The van der Waals surface area contributed by atoms with E-state index >= 15 is 0 Å². The molecule has 7 atom stereocenters. The fourth-order valence-electron chi connectivity index (χ4n) is 6.80. The molecule has 260 valence electrons. The average molecular weight is 650 g/mol. The van der Waals surface area contributed by atoms with Crippen LogP contribution in [0.25, 0.3) is 0 Å². The minimum absolute atomic E-state index is 0.00309. The van der Waals surface area contributed by atoms with Gasteiger partial charge in [-0.3, -0.25) is 14.5 Å². The predicted molar refractivity (Wildman–Crippen MR) is 170 cm³/mol. The van der Waals surface area contributed by atoms with Crippen LogP contribution in [-0.2, 0) is 38.1 Å². The summed E-state index contributed by atoms with van der Waals surface area (Å²) < 4.78 is 29.8. The number of ether oxygens (including phenoxy) is 5. The van der Waals surface area contributed by atoms with Gasteiger partial charge in [0.05, 0.1) is 18.6 Å². The van der Waals surface area contributed by atoms with Crippen molar-refractivity contribution in [2.24, 2.45) is 11.3 Å². The molecule has 2 amide bonds. The van der Waals surface area contributed by atoms with Gasteiger partial charge in [0.2, 0.25) is 5.91 Å². The maximum atomic E-state index is 13.3. The SMILES string of the molecule is CO[C@@H]1[C@H](OC(=O)N2CCN(CCOC(=O)[C@H](C)NC(=O)CCC(=O)C(C)(C)C)CC2)CC[C@]2(CO2)[C@H]1[C@@]1(C)O[C@@H]1CC=C(C)C. The molecule has 0 radical (unpaired) electrons. The number of amides is 2. The second-order valence-electron chi connectivity index (χ2n) is 14.8. The monoisotopic (exact) mass is 649 g/mol. The highest BCUT2D eigenvalue weighted by atomic mass is 16.6. The number of epoxide rings is 2. The smallest absolute Gasteiger partial charge is 0.410 e. The van der Waals surface area contributed by atoms with E-state index in [0.29, 0.717) is 45.8 Å². The largest absolute Gasteiger partial charge is 0.463 e. The van der Waals surface area contributed by atoms with Crippen LogP contribution in [0.5, 0.6) is 0 Å². The molecule has 3 aliphatic heterocycles. The number of methoxy groups -OCH3 is 1. The van der Waals surface area contributed by atoms with E-state index < -0.39 is 17.4 Å². The molecule has 1 saturated carbocycles. The standard InChI is InChI=1S/C34H55N3O9/c1-22(2)9-11-26-33(7,46-26)29-28(42-8)24(13-14-34(29)21-44-34)45-31(41)37-17-15-36(16-18-37)19-20-43-30(40)23(3)35-27(39)12-10-25(38)32(4,5)6/h9,23-24,26,28-29H,10-21H2,1-8H3,(H,35,39)/t23-,24+,26+,28+,29+,33-,34-/m0/s1. The number of nitrogens with one attached hydrogen (secondary N) is 1. The molecule has 46 heavy (non-hydrogen) atoms. The first-order chi connectivity index (χ1) is 21.6. The van der Waals surface area contributed by atoms with E-state index in [2.05, 4.69) is 37.1 Å². The van der Waals surface area contributed by atoms with E-state index in [1.807, 2.05) is 20.8 Å². The number of esters is 1. The quantitative estimate of drug-likeness (QED) is 0.180. The summed E-state index contributed by atoms with van der Waals surface area (Å²) in [6.07, 6.45) is 3.71. The Hall–Kier alpha value is -2.54. The molecule has 1 spiro atoms. The molecule has 4 fully saturated rings. The average Bonchev–Trinajstić information content (AvgIpc) is 3.91. The first-order valence-corrected chi connectivity index (χ1v) is 16.7. The summed E-state index contributed by atoms with van der Waals surface area (Å²) in [5, 5.41) is 2.61. The van der Waals surface area contributed by atoms with Gasteiger partial charge in [0.15, 0.2) is 0 Å². The molecule has 0 unspecified atom stereocenters. The molecule has 0 bridgehead atoms. The summed E-state index contributed by atoms with van der Waals surface area (Å²) in [6, 6.07) is -0.808. The highest BCUT2D eigenvalue weighted by Gasteiger charge is 2.72. The second-order valence-corrected chi connectivity index (χ2v) is 14.8. The number of allylic oxidation sites excluding steroid dienone is 1. The van der Waals surface area contributed by atoms with Crippen molar-refractivity contribution in [1.29, 1.82) is 0 Å². The van der Waals surface area contributed by atoms with Gasteiger partial charge in [-0.2, -0.15) is 0 Å². The number of Topliss-reactive ketones (excluding diaryl/α,β-unsaturated/α-hetero) is 1. The molecule has 1 aliphatic carbocycles. The molecular weight excluding hydrogens is 594 g/mol. The van der Waals surface area contributed by atoms with Crippen LogP contribution >= 0.6 is 0 Å². The van der Waals surface area contributed by atoms with Crippen molar-refractivity contribution in [3.63, 3.8) is 0 Å². The molecular formula is C34H55N3O9. The third-order valence-corrected chi connectivity index (χ3v) is 9.92. The predicted octanol–water partition coefficient (Wildman–Crippen LogP) is 3.26. The van der Waals surface area contributed by atoms with E-state index in [9.17, 15) is 19.2 Å². The van der Waals surface area contributed by atoms with Crippen LogP contribution in [-0.4, -0.2) is 122 Å². The van der Waals surface area contributed by atoms with Crippen LogP contribution in [0.1, 0.15) is 80.6 Å². The molecule has 0 aromatic rings. The second kappa shape index (κ2) is 14.7. The molecule has 3 heterocycles. The number of hydrogen-bond acceptors (Lipinski definition) is 10. The van der Waals surface area contributed by atoms with Gasteiger partial charge in [-0.25, -0.2) is 9.59 Å². The summed E-state index contributed by atoms with van der Waals surface area (Å²) in [5.41, 5.74) is 0.0907. The van der Waals surface area contributed by atoms with Gasteiger partial charge in [0, 0.05) is 58.1 Å². The van der Waals surface area contributed by atoms with Crippen LogP contribution in [0.3, 0.4) is 0 Å². The molecule has 4 rings (SSSR count). The zero-order valence-corrected chi connectivity index (χ0v) is 29.0. The minimum atomic E-state index is -0.808. The minimum Gasteiger partial charge on any atom is -0.463 e. The van der Waals surface area contributed by atoms with Crippen molar-refractivity contribution in [2.45, 2.75) is 116 Å². The Kier molecular flexibility index (Phi) is 11.6. The van der Waals surface area contributed by atoms with Crippen LogP contribution in [0.4, 0.5) is 4.79 Å². The summed E-state index contributed by atoms with van der Waals surface area (Å²) in [7, 11) is 1.67. The Labute approximate surface area is 273 Å². The van der Waals surface area contributed by atoms with Crippen LogP contribution in [0.2, 0.25) is 0 Å². The van der Waals surface area contributed by atoms with E-state index in [0.717, 1.165) is 12.8 Å². The van der Waals surface area contributed by atoms with Gasteiger partial charge >= 0.3 is 12.1 Å². The first-order valence-electron chi connectivity index (χ1n) is 16.7. The Morgan fingerprint density at radius 3 is 2.35 bits per heavy atom. The fourth-order valence-corrected chi connectivity index (χ4v) is 6.80. The van der Waals surface area contributed by atoms with Gasteiger partial charge in [0.25, 0.3) is 0 Å². The number of hydrogen-bond donors (Lipinski definition) is 1. The Morgan fingerprint density at radius 2 is 1.76 bits per heavy atom. The number of carbonyl (C=O) groups excluding carboxylic acids is 4. The van der Waals surface area contributed by atoms with Gasteiger partial charge in [-0.05, 0) is 47.0 Å². The normalized spacial score (nSPS) is 31.5. The van der Waals surface area contributed by atoms with Crippen molar-refractivity contribution in [3.8, 4) is 0 Å². The van der Waals surface area contributed by atoms with Crippen LogP contribution in [0.15, 0.2) is 11.6 Å². The lowest BCUT2D eigenvalue weighted by molar-refractivity contribution is -0.147. The van der Waals surface area contributed by atoms with Crippen molar-refractivity contribution in [2.75, 3.05) is 53.0 Å². The fraction of sp³-hybridized carbons (Fsp3) is 0.824. The summed E-state index contributed by atoms with van der Waals surface area (Å²) in [6.45, 7) is 16.9.